The van der Waals surface area contributed by atoms with E-state index in [1.807, 2.05) is 18.2 Å². The SMILES string of the molecule is N#Cc1cc(-c2cccc(-c3ccc4c(c3)-c3c(ccc5ccccc35)C4(c3ccccc3)c3ccccc3)n2)ccn1. The van der Waals surface area contributed by atoms with Gasteiger partial charge in [0.1, 0.15) is 11.8 Å². The third-order valence-electron chi connectivity index (χ3n) is 8.65. The highest BCUT2D eigenvalue weighted by Gasteiger charge is 2.46. The largest absolute Gasteiger partial charge is 0.248 e. The smallest absolute Gasteiger partial charge is 0.141 e. The van der Waals surface area contributed by atoms with Gasteiger partial charge in [0.05, 0.1) is 16.8 Å². The normalized spacial score (nSPS) is 12.8. The fourth-order valence-corrected chi connectivity index (χ4v) is 6.83. The monoisotopic (exact) mass is 547 g/mol. The standard InChI is InChI=1S/C40H25N3/c41-26-32-24-29(22-23-42-32)38-17-9-16-37(43-38)28-19-20-35-34(25-28)39-33-15-8-7-10-27(33)18-21-36(39)40(35,30-11-3-1-4-12-30)31-13-5-2-6-14-31/h1-25H. The summed E-state index contributed by atoms with van der Waals surface area (Å²) in [4.78, 5) is 9.17. The fourth-order valence-electron chi connectivity index (χ4n) is 6.83. The Morgan fingerprint density at radius 1 is 0.558 bits per heavy atom. The summed E-state index contributed by atoms with van der Waals surface area (Å²) in [6.07, 6.45) is 1.66. The molecule has 0 saturated heterocycles. The average Bonchev–Trinajstić information content (AvgIpc) is 3.40. The van der Waals surface area contributed by atoms with Gasteiger partial charge >= 0.3 is 0 Å². The molecule has 0 atom stereocenters. The highest BCUT2D eigenvalue weighted by molar-refractivity contribution is 6.04. The minimum atomic E-state index is -0.463. The quantitative estimate of drug-likeness (QED) is 0.221. The molecule has 2 aromatic heterocycles. The molecule has 0 bridgehead atoms. The van der Waals surface area contributed by atoms with Gasteiger partial charge in [0.25, 0.3) is 0 Å². The van der Waals surface area contributed by atoms with Crippen molar-refractivity contribution in [1.29, 1.82) is 5.26 Å². The first-order chi connectivity index (χ1) is 21.3. The Morgan fingerprint density at radius 3 is 1.93 bits per heavy atom. The van der Waals surface area contributed by atoms with Crippen molar-refractivity contribution in [2.24, 2.45) is 0 Å². The molecule has 0 aliphatic heterocycles. The van der Waals surface area contributed by atoms with Crippen molar-refractivity contribution in [2.75, 3.05) is 0 Å². The van der Waals surface area contributed by atoms with Crippen molar-refractivity contribution in [3.8, 4) is 39.7 Å². The molecule has 0 spiro atoms. The molecule has 0 unspecified atom stereocenters. The van der Waals surface area contributed by atoms with Crippen LogP contribution in [0.4, 0.5) is 0 Å². The second kappa shape index (κ2) is 9.91. The molecule has 0 radical (unpaired) electrons. The highest BCUT2D eigenvalue weighted by atomic mass is 14.7. The third-order valence-corrected chi connectivity index (χ3v) is 8.65. The van der Waals surface area contributed by atoms with E-state index < -0.39 is 5.41 Å². The summed E-state index contributed by atoms with van der Waals surface area (Å²) >= 11 is 0. The minimum Gasteiger partial charge on any atom is -0.248 e. The number of pyridine rings is 2. The van der Waals surface area contributed by atoms with Crippen LogP contribution in [0.3, 0.4) is 0 Å². The van der Waals surface area contributed by atoms with Crippen LogP contribution >= 0.6 is 0 Å². The molecule has 5 aromatic carbocycles. The summed E-state index contributed by atoms with van der Waals surface area (Å²) in [5.41, 5.74) is 11.1. The first-order valence-corrected chi connectivity index (χ1v) is 14.4. The van der Waals surface area contributed by atoms with Crippen LogP contribution in [0.1, 0.15) is 27.9 Å². The van der Waals surface area contributed by atoms with Crippen LogP contribution < -0.4 is 0 Å². The number of hydrogen-bond acceptors (Lipinski definition) is 3. The number of hydrogen-bond donors (Lipinski definition) is 0. The lowest BCUT2D eigenvalue weighted by Crippen LogP contribution is -2.28. The van der Waals surface area contributed by atoms with Crippen LogP contribution in [0.5, 0.6) is 0 Å². The summed E-state index contributed by atoms with van der Waals surface area (Å²) in [5, 5.41) is 11.8. The maximum absolute atomic E-state index is 9.36. The zero-order valence-corrected chi connectivity index (χ0v) is 23.3. The molecular formula is C40H25N3. The lowest BCUT2D eigenvalue weighted by Gasteiger charge is -2.34. The summed E-state index contributed by atoms with van der Waals surface area (Å²) < 4.78 is 0. The lowest BCUT2D eigenvalue weighted by atomic mass is 9.67. The number of aromatic nitrogens is 2. The van der Waals surface area contributed by atoms with Crippen molar-refractivity contribution in [3.05, 3.63) is 180 Å². The molecule has 43 heavy (non-hydrogen) atoms. The maximum Gasteiger partial charge on any atom is 0.141 e. The molecule has 0 saturated carbocycles. The Kier molecular flexibility index (Phi) is 5.74. The number of fused-ring (bicyclic) bond motifs is 5. The molecule has 200 valence electrons. The third kappa shape index (κ3) is 3.81. The second-order valence-corrected chi connectivity index (χ2v) is 10.9. The summed E-state index contributed by atoms with van der Waals surface area (Å²) in [5.74, 6) is 0. The molecule has 3 heteroatoms. The zero-order chi connectivity index (χ0) is 28.8. The van der Waals surface area contributed by atoms with E-state index in [9.17, 15) is 5.26 Å². The number of nitriles is 1. The van der Waals surface area contributed by atoms with Gasteiger partial charge in [0, 0.05) is 17.3 Å². The van der Waals surface area contributed by atoms with Gasteiger partial charge in [-0.15, -0.1) is 0 Å². The van der Waals surface area contributed by atoms with E-state index in [-0.39, 0.29) is 0 Å². The fraction of sp³-hybridized carbons (Fsp3) is 0.0250. The molecule has 0 amide bonds. The zero-order valence-electron chi connectivity index (χ0n) is 23.3. The molecule has 0 fully saturated rings. The summed E-state index contributed by atoms with van der Waals surface area (Å²) in [6, 6.07) is 53.7. The predicted octanol–water partition coefficient (Wildman–Crippen LogP) is 9.20. The van der Waals surface area contributed by atoms with Crippen LogP contribution in [-0.2, 0) is 5.41 Å². The van der Waals surface area contributed by atoms with Crippen LogP contribution in [-0.4, -0.2) is 9.97 Å². The van der Waals surface area contributed by atoms with E-state index in [2.05, 4.69) is 132 Å². The van der Waals surface area contributed by atoms with Crippen LogP contribution in [0, 0.1) is 11.3 Å². The van der Waals surface area contributed by atoms with E-state index in [1.165, 1.54) is 44.2 Å². The van der Waals surface area contributed by atoms with Crippen LogP contribution in [0.25, 0.3) is 44.4 Å². The molecular weight excluding hydrogens is 522 g/mol. The van der Waals surface area contributed by atoms with E-state index in [0.717, 1.165) is 22.5 Å². The predicted molar refractivity (Wildman–Crippen MR) is 172 cm³/mol. The van der Waals surface area contributed by atoms with Gasteiger partial charge in [0.2, 0.25) is 0 Å². The Morgan fingerprint density at radius 2 is 1.21 bits per heavy atom. The Hall–Kier alpha value is -5.85. The summed E-state index contributed by atoms with van der Waals surface area (Å²) in [6.45, 7) is 0. The van der Waals surface area contributed by atoms with Crippen LogP contribution in [0.15, 0.2) is 152 Å². The topological polar surface area (TPSA) is 49.6 Å². The molecule has 2 heterocycles. The van der Waals surface area contributed by atoms with Gasteiger partial charge in [-0.25, -0.2) is 9.97 Å². The van der Waals surface area contributed by atoms with Gasteiger partial charge in [-0.1, -0.05) is 115 Å². The van der Waals surface area contributed by atoms with Crippen molar-refractivity contribution >= 4 is 10.8 Å². The molecule has 1 aliphatic carbocycles. The van der Waals surface area contributed by atoms with Gasteiger partial charge in [-0.2, -0.15) is 5.26 Å². The van der Waals surface area contributed by atoms with E-state index in [0.29, 0.717) is 5.69 Å². The van der Waals surface area contributed by atoms with Gasteiger partial charge in [-0.3, -0.25) is 0 Å². The molecule has 3 nitrogen and oxygen atoms in total. The number of benzene rings is 5. The Bertz CT molecular complexity index is 2150. The van der Waals surface area contributed by atoms with Gasteiger partial charge in [-0.05, 0) is 74.5 Å². The first kappa shape index (κ1) is 24.9. The van der Waals surface area contributed by atoms with Crippen LogP contribution in [0.2, 0.25) is 0 Å². The first-order valence-electron chi connectivity index (χ1n) is 14.4. The second-order valence-electron chi connectivity index (χ2n) is 10.9. The van der Waals surface area contributed by atoms with Crippen molar-refractivity contribution in [2.45, 2.75) is 5.41 Å². The average molecular weight is 548 g/mol. The Balaban J connectivity index is 1.41. The lowest BCUT2D eigenvalue weighted by molar-refractivity contribution is 0.769. The van der Waals surface area contributed by atoms with Crippen molar-refractivity contribution in [3.63, 3.8) is 0 Å². The number of rotatable bonds is 4. The van der Waals surface area contributed by atoms with E-state index in [1.54, 1.807) is 12.3 Å². The number of nitrogens with zero attached hydrogens (tertiary/aromatic N) is 3. The molecule has 1 aliphatic rings. The van der Waals surface area contributed by atoms with Gasteiger partial charge in [0.15, 0.2) is 0 Å². The van der Waals surface area contributed by atoms with Crippen molar-refractivity contribution in [1.82, 2.24) is 9.97 Å². The Labute approximate surface area is 250 Å². The van der Waals surface area contributed by atoms with E-state index >= 15 is 0 Å². The van der Waals surface area contributed by atoms with Crippen molar-refractivity contribution < 1.29 is 0 Å². The molecule has 8 rings (SSSR count). The molecule has 0 N–H and O–H groups in total. The summed E-state index contributed by atoms with van der Waals surface area (Å²) in [7, 11) is 0. The molecule has 7 aromatic rings. The van der Waals surface area contributed by atoms with E-state index in [4.69, 9.17) is 4.98 Å². The van der Waals surface area contributed by atoms with Gasteiger partial charge < -0.3 is 0 Å². The maximum atomic E-state index is 9.36. The highest BCUT2D eigenvalue weighted by Crippen LogP contribution is 2.58. The minimum absolute atomic E-state index is 0.379.